The van der Waals surface area contributed by atoms with Crippen molar-refractivity contribution in [2.24, 2.45) is 0 Å². The Labute approximate surface area is 186 Å². The van der Waals surface area contributed by atoms with Crippen LogP contribution in [0, 0.1) is 5.82 Å². The summed E-state index contributed by atoms with van der Waals surface area (Å²) in [5.74, 6) is -1.31. The molecular weight excluding hydrogens is 440 g/mol. The molecule has 0 saturated carbocycles. The molecule has 9 heteroatoms. The van der Waals surface area contributed by atoms with Gasteiger partial charge in [-0.25, -0.2) is 14.2 Å². The normalized spacial score (nSPS) is 13.9. The lowest BCUT2D eigenvalue weighted by Crippen LogP contribution is -2.05. The minimum atomic E-state index is -4.42. The van der Waals surface area contributed by atoms with Crippen molar-refractivity contribution in [3.63, 3.8) is 0 Å². The van der Waals surface area contributed by atoms with Crippen molar-refractivity contribution < 1.29 is 32.2 Å². The van der Waals surface area contributed by atoms with E-state index in [1.165, 1.54) is 36.5 Å². The van der Waals surface area contributed by atoms with Crippen LogP contribution in [0.1, 0.15) is 52.1 Å². The van der Waals surface area contributed by atoms with Gasteiger partial charge in [-0.3, -0.25) is 4.98 Å². The molecule has 0 bridgehead atoms. The van der Waals surface area contributed by atoms with Gasteiger partial charge in [-0.05, 0) is 66.3 Å². The number of carboxylic acids is 1. The second-order valence-electron chi connectivity index (χ2n) is 7.53. The molecule has 1 aliphatic rings. The maximum absolute atomic E-state index is 14.1. The number of ether oxygens (including phenoxy) is 1. The number of aromatic carboxylic acids is 1. The molecule has 0 saturated heterocycles. The third-order valence-corrected chi connectivity index (χ3v) is 5.32. The fraction of sp³-hybridized carbons (Fsp3) is 0.208. The van der Waals surface area contributed by atoms with Crippen LogP contribution in [-0.2, 0) is 12.8 Å². The third kappa shape index (κ3) is 5.02. The Bertz CT molecular complexity index is 1220. The second kappa shape index (κ2) is 9.01. The smallest absolute Gasteiger partial charge is 0.416 e. The molecule has 3 aromatic rings. The van der Waals surface area contributed by atoms with Crippen LogP contribution in [0.4, 0.5) is 17.6 Å². The van der Waals surface area contributed by atoms with E-state index in [2.05, 4.69) is 9.97 Å². The molecule has 5 nitrogen and oxygen atoms in total. The lowest BCUT2D eigenvalue weighted by atomic mass is 9.99. The average molecular weight is 458 g/mol. The van der Waals surface area contributed by atoms with E-state index in [-0.39, 0.29) is 12.3 Å². The molecule has 4 rings (SSSR count). The molecule has 0 unspecified atom stereocenters. The summed E-state index contributed by atoms with van der Waals surface area (Å²) in [7, 11) is 0. The van der Waals surface area contributed by atoms with Crippen LogP contribution >= 0.6 is 0 Å². The molecule has 0 aliphatic heterocycles. The molecule has 170 valence electrons. The van der Waals surface area contributed by atoms with Crippen LogP contribution < -0.4 is 4.74 Å². The highest BCUT2D eigenvalue weighted by atomic mass is 19.4. The Morgan fingerprint density at radius 3 is 2.45 bits per heavy atom. The maximum Gasteiger partial charge on any atom is 0.416 e. The number of benzene rings is 2. The van der Waals surface area contributed by atoms with Crippen molar-refractivity contribution in [3.05, 3.63) is 88.8 Å². The maximum atomic E-state index is 14.1. The molecule has 0 atom stereocenters. The summed E-state index contributed by atoms with van der Waals surface area (Å²) in [6, 6.07) is 8.67. The van der Waals surface area contributed by atoms with Crippen molar-refractivity contribution in [2.75, 3.05) is 0 Å². The highest BCUT2D eigenvalue weighted by molar-refractivity contribution is 5.94. The molecule has 1 heterocycles. The first-order valence-electron chi connectivity index (χ1n) is 10.1. The number of rotatable bonds is 6. The molecule has 1 aromatic heterocycles. The molecule has 2 aromatic carbocycles. The van der Waals surface area contributed by atoms with E-state index in [1.807, 2.05) is 0 Å². The van der Waals surface area contributed by atoms with E-state index in [1.54, 1.807) is 0 Å². The summed E-state index contributed by atoms with van der Waals surface area (Å²) < 4.78 is 58.3. The van der Waals surface area contributed by atoms with Crippen LogP contribution in [0.15, 0.2) is 54.9 Å². The van der Waals surface area contributed by atoms with Crippen LogP contribution in [0.25, 0.3) is 11.1 Å². The molecule has 1 N–H and O–H groups in total. The summed E-state index contributed by atoms with van der Waals surface area (Å²) in [5.41, 5.74) is 2.02. The quantitative estimate of drug-likeness (QED) is 0.459. The predicted octanol–water partition coefficient (Wildman–Crippen LogP) is 6.01. The van der Waals surface area contributed by atoms with Gasteiger partial charge in [-0.1, -0.05) is 12.1 Å². The van der Waals surface area contributed by atoms with Gasteiger partial charge in [0.2, 0.25) is 0 Å². The van der Waals surface area contributed by atoms with E-state index < -0.39 is 23.5 Å². The van der Waals surface area contributed by atoms with Crippen molar-refractivity contribution >= 4 is 17.1 Å². The van der Waals surface area contributed by atoms with Gasteiger partial charge in [0.25, 0.3) is 0 Å². The molecule has 0 radical (unpaired) electrons. The van der Waals surface area contributed by atoms with Crippen LogP contribution in [0.2, 0.25) is 0 Å². The number of carbonyl (C=O) groups is 1. The van der Waals surface area contributed by atoms with Gasteiger partial charge in [-0.2, -0.15) is 13.2 Å². The molecule has 0 amide bonds. The highest BCUT2D eigenvalue weighted by Gasteiger charge is 2.30. The Morgan fingerprint density at radius 1 is 1.03 bits per heavy atom. The zero-order valence-corrected chi connectivity index (χ0v) is 17.2. The Balaban J connectivity index is 1.65. The first kappa shape index (κ1) is 22.4. The number of carboxylic acid groups (broad SMARTS) is 1. The number of nitrogens with zero attached hydrogens (tertiary/aromatic N) is 2. The monoisotopic (exact) mass is 458 g/mol. The number of allylic oxidation sites excluding steroid dienone is 2. The zero-order chi connectivity index (χ0) is 23.6. The van der Waals surface area contributed by atoms with Crippen molar-refractivity contribution in [1.29, 1.82) is 0 Å². The van der Waals surface area contributed by atoms with Crippen molar-refractivity contribution in [1.82, 2.24) is 9.97 Å². The standard InChI is InChI=1S/C24H18F4N2O3/c25-16-8-9-22(33-13-14-4-6-15(7-5-14)24(26,27)28)19(10-16)17-2-1-3-18(17)20-11-29-12-21(30-20)23(31)32/h4-12H,1-3,13H2,(H,31,32). The molecule has 0 fully saturated rings. The van der Waals surface area contributed by atoms with Crippen molar-refractivity contribution in [3.8, 4) is 5.75 Å². The Hall–Kier alpha value is -3.75. The Kier molecular flexibility index (Phi) is 6.13. The van der Waals surface area contributed by atoms with Crippen LogP contribution in [-0.4, -0.2) is 21.0 Å². The number of aromatic nitrogens is 2. The summed E-state index contributed by atoms with van der Waals surface area (Å²) in [6.07, 6.45) is 0.182. The van der Waals surface area contributed by atoms with Gasteiger partial charge in [0.1, 0.15) is 18.2 Å². The van der Waals surface area contributed by atoms with E-state index >= 15 is 0 Å². The summed E-state index contributed by atoms with van der Waals surface area (Å²) >= 11 is 0. The lowest BCUT2D eigenvalue weighted by molar-refractivity contribution is -0.137. The molecule has 0 spiro atoms. The minimum Gasteiger partial charge on any atom is -0.488 e. The third-order valence-electron chi connectivity index (χ3n) is 5.32. The van der Waals surface area contributed by atoms with Gasteiger partial charge in [0.05, 0.1) is 23.7 Å². The van der Waals surface area contributed by atoms with Crippen LogP contribution in [0.3, 0.4) is 0 Å². The lowest BCUT2D eigenvalue weighted by Gasteiger charge is -2.15. The van der Waals surface area contributed by atoms with Gasteiger partial charge in [0, 0.05) is 5.56 Å². The number of alkyl halides is 3. The zero-order valence-electron chi connectivity index (χ0n) is 17.2. The van der Waals surface area contributed by atoms with Crippen LogP contribution in [0.5, 0.6) is 5.75 Å². The fourth-order valence-electron chi connectivity index (χ4n) is 3.75. The van der Waals surface area contributed by atoms with Gasteiger partial charge in [-0.15, -0.1) is 0 Å². The largest absolute Gasteiger partial charge is 0.488 e. The first-order chi connectivity index (χ1) is 15.7. The Morgan fingerprint density at radius 2 is 1.76 bits per heavy atom. The van der Waals surface area contributed by atoms with E-state index in [4.69, 9.17) is 4.74 Å². The summed E-state index contributed by atoms with van der Waals surface area (Å²) in [4.78, 5) is 19.4. The topological polar surface area (TPSA) is 72.3 Å². The van der Waals surface area contributed by atoms with Gasteiger partial charge >= 0.3 is 12.1 Å². The van der Waals surface area contributed by atoms with E-state index in [0.717, 1.165) is 35.9 Å². The number of hydrogen-bond donors (Lipinski definition) is 1. The molecule has 33 heavy (non-hydrogen) atoms. The molecule has 1 aliphatic carbocycles. The average Bonchev–Trinajstić information content (AvgIpc) is 3.28. The SMILES string of the molecule is O=C(O)c1cncc(C2=C(c3cc(F)ccc3OCc3ccc(C(F)(F)F)cc3)CCC2)n1. The minimum absolute atomic E-state index is 0.00626. The van der Waals surface area contributed by atoms with Gasteiger partial charge < -0.3 is 9.84 Å². The first-order valence-corrected chi connectivity index (χ1v) is 10.1. The van der Waals surface area contributed by atoms with Crippen molar-refractivity contribution in [2.45, 2.75) is 32.0 Å². The summed E-state index contributed by atoms with van der Waals surface area (Å²) in [6.45, 7) is -0.00626. The second-order valence-corrected chi connectivity index (χ2v) is 7.53. The number of halogens is 4. The highest BCUT2D eigenvalue weighted by Crippen LogP contribution is 2.42. The molecular formula is C24H18F4N2O3. The van der Waals surface area contributed by atoms with Gasteiger partial charge in [0.15, 0.2) is 5.69 Å². The summed E-state index contributed by atoms with van der Waals surface area (Å²) in [5, 5.41) is 9.20. The van der Waals surface area contributed by atoms with E-state index in [0.29, 0.717) is 35.4 Å². The number of hydrogen-bond acceptors (Lipinski definition) is 4. The predicted molar refractivity (Wildman–Crippen MR) is 112 cm³/mol. The van der Waals surface area contributed by atoms with E-state index in [9.17, 15) is 27.5 Å². The fourth-order valence-corrected chi connectivity index (χ4v) is 3.75.